The van der Waals surface area contributed by atoms with Gasteiger partial charge in [-0.15, -0.1) is 0 Å². The second kappa shape index (κ2) is 6.85. The highest BCUT2D eigenvalue weighted by Gasteiger charge is 2.26. The van der Waals surface area contributed by atoms with Gasteiger partial charge in [-0.2, -0.15) is 0 Å². The van der Waals surface area contributed by atoms with Crippen molar-refractivity contribution >= 4 is 27.8 Å². The van der Waals surface area contributed by atoms with Gasteiger partial charge in [0.15, 0.2) is 0 Å². The number of amides is 1. The number of hydrogen-bond acceptors (Lipinski definition) is 3. The molecule has 1 fully saturated rings. The van der Waals surface area contributed by atoms with E-state index in [2.05, 4.69) is 21.2 Å². The Morgan fingerprint density at radius 2 is 2.10 bits per heavy atom. The summed E-state index contributed by atoms with van der Waals surface area (Å²) in [6, 6.07) is 6.75. The summed E-state index contributed by atoms with van der Waals surface area (Å²) in [6.07, 6.45) is 0.549. The fraction of sp³-hybridized carbons (Fsp3) is 0.429. The van der Waals surface area contributed by atoms with E-state index in [1.165, 1.54) is 0 Å². The zero-order valence-corrected chi connectivity index (χ0v) is 12.4. The summed E-state index contributed by atoms with van der Waals surface area (Å²) in [5, 5.41) is 11.8. The average molecular weight is 342 g/mol. The second-order valence-corrected chi connectivity index (χ2v) is 5.69. The first-order chi connectivity index (χ1) is 9.56. The Labute approximate surface area is 125 Å². The minimum atomic E-state index is -0.944. The molecule has 0 spiro atoms. The molecular weight excluding hydrogens is 326 g/mol. The number of carboxylic acid groups (broad SMARTS) is 1. The number of benzene rings is 1. The van der Waals surface area contributed by atoms with E-state index in [1.807, 2.05) is 24.3 Å². The first-order valence-corrected chi connectivity index (χ1v) is 7.21. The van der Waals surface area contributed by atoms with Gasteiger partial charge >= 0.3 is 5.97 Å². The lowest BCUT2D eigenvalue weighted by Crippen LogP contribution is -2.35. The predicted octanol–water partition coefficient (Wildman–Crippen LogP) is 2.12. The topological polar surface area (TPSA) is 75.6 Å². The first kappa shape index (κ1) is 15.0. The van der Waals surface area contributed by atoms with Crippen molar-refractivity contribution in [2.24, 2.45) is 5.92 Å². The molecule has 0 radical (unpaired) electrons. The zero-order valence-electron chi connectivity index (χ0n) is 10.8. The van der Waals surface area contributed by atoms with Crippen LogP contribution in [0.4, 0.5) is 0 Å². The van der Waals surface area contributed by atoms with E-state index in [4.69, 9.17) is 9.84 Å². The van der Waals surface area contributed by atoms with Crippen LogP contribution in [0, 0.1) is 5.92 Å². The third-order valence-electron chi connectivity index (χ3n) is 3.27. The van der Waals surface area contributed by atoms with Crippen LogP contribution in [-0.4, -0.2) is 30.2 Å². The Morgan fingerprint density at radius 1 is 1.40 bits per heavy atom. The molecular formula is C14H16BrNO4. The molecule has 1 aliphatic rings. The molecule has 20 heavy (non-hydrogen) atoms. The smallest absolute Gasteiger partial charge is 0.305 e. The van der Waals surface area contributed by atoms with Gasteiger partial charge in [0.05, 0.1) is 25.0 Å². The Kier molecular flexibility index (Phi) is 5.14. The van der Waals surface area contributed by atoms with E-state index < -0.39 is 12.0 Å². The Hall–Kier alpha value is -1.40. The largest absolute Gasteiger partial charge is 0.481 e. The lowest BCUT2D eigenvalue weighted by Gasteiger charge is -2.19. The maximum atomic E-state index is 12.1. The van der Waals surface area contributed by atoms with Crippen LogP contribution < -0.4 is 5.32 Å². The third kappa shape index (κ3) is 4.05. The van der Waals surface area contributed by atoms with Crippen LogP contribution in [-0.2, 0) is 14.3 Å². The van der Waals surface area contributed by atoms with Crippen LogP contribution >= 0.6 is 15.9 Å². The van der Waals surface area contributed by atoms with Gasteiger partial charge in [0.2, 0.25) is 5.91 Å². The van der Waals surface area contributed by atoms with Gasteiger partial charge in [-0.25, -0.2) is 0 Å². The van der Waals surface area contributed by atoms with Gasteiger partial charge in [-0.05, 0) is 24.1 Å². The van der Waals surface area contributed by atoms with Crippen LogP contribution in [0.5, 0.6) is 0 Å². The third-order valence-corrected chi connectivity index (χ3v) is 3.80. The molecule has 1 aromatic carbocycles. The average Bonchev–Trinajstić information content (AvgIpc) is 2.92. The van der Waals surface area contributed by atoms with Gasteiger partial charge in [-0.1, -0.05) is 28.1 Å². The number of carbonyl (C=O) groups is 2. The lowest BCUT2D eigenvalue weighted by atomic mass is 10.0. The predicted molar refractivity (Wildman–Crippen MR) is 76.2 cm³/mol. The van der Waals surface area contributed by atoms with Gasteiger partial charge in [0.1, 0.15) is 0 Å². The summed E-state index contributed by atoms with van der Waals surface area (Å²) in [7, 11) is 0. The minimum Gasteiger partial charge on any atom is -0.481 e. The minimum absolute atomic E-state index is 0.138. The molecule has 2 N–H and O–H groups in total. The molecule has 2 rings (SSSR count). The summed E-state index contributed by atoms with van der Waals surface area (Å²) in [6.45, 7) is 0.992. The Bertz CT molecular complexity index is 482. The Morgan fingerprint density at radius 3 is 2.65 bits per heavy atom. The summed E-state index contributed by atoms with van der Waals surface area (Å²) in [5.41, 5.74) is 0.780. The number of ether oxygens (including phenoxy) is 1. The number of halogens is 1. The second-order valence-electron chi connectivity index (χ2n) is 4.77. The van der Waals surface area contributed by atoms with Crippen molar-refractivity contribution in [3.63, 3.8) is 0 Å². The van der Waals surface area contributed by atoms with E-state index in [0.29, 0.717) is 19.6 Å². The fourth-order valence-corrected chi connectivity index (χ4v) is 2.42. The lowest BCUT2D eigenvalue weighted by molar-refractivity contribution is -0.137. The molecule has 1 aliphatic heterocycles. The van der Waals surface area contributed by atoms with Crippen LogP contribution in [0.2, 0.25) is 0 Å². The van der Waals surface area contributed by atoms with Gasteiger partial charge < -0.3 is 15.2 Å². The molecule has 1 saturated heterocycles. The van der Waals surface area contributed by atoms with Gasteiger partial charge in [0, 0.05) is 11.1 Å². The first-order valence-electron chi connectivity index (χ1n) is 6.41. The highest BCUT2D eigenvalue weighted by Crippen LogP contribution is 2.21. The van der Waals surface area contributed by atoms with Crippen molar-refractivity contribution in [2.75, 3.05) is 13.2 Å². The molecule has 6 heteroatoms. The van der Waals surface area contributed by atoms with E-state index >= 15 is 0 Å². The molecule has 108 valence electrons. The van der Waals surface area contributed by atoms with E-state index in [-0.39, 0.29) is 18.2 Å². The summed E-state index contributed by atoms with van der Waals surface area (Å²) >= 11 is 3.33. The van der Waals surface area contributed by atoms with Crippen LogP contribution in [0.25, 0.3) is 0 Å². The van der Waals surface area contributed by atoms with Gasteiger partial charge in [-0.3, -0.25) is 9.59 Å². The van der Waals surface area contributed by atoms with Crippen molar-refractivity contribution in [3.8, 4) is 0 Å². The number of carbonyl (C=O) groups excluding carboxylic acids is 1. The van der Waals surface area contributed by atoms with E-state index in [0.717, 1.165) is 10.0 Å². The maximum absolute atomic E-state index is 12.1. The van der Waals surface area contributed by atoms with E-state index in [9.17, 15) is 9.59 Å². The van der Waals surface area contributed by atoms with Crippen LogP contribution in [0.1, 0.15) is 24.4 Å². The fourth-order valence-electron chi connectivity index (χ4n) is 2.15. The highest BCUT2D eigenvalue weighted by molar-refractivity contribution is 9.10. The van der Waals surface area contributed by atoms with Crippen molar-refractivity contribution in [1.29, 1.82) is 0 Å². The molecule has 2 atom stereocenters. The number of rotatable bonds is 5. The quantitative estimate of drug-likeness (QED) is 0.860. The highest BCUT2D eigenvalue weighted by atomic mass is 79.9. The number of aliphatic carboxylic acids is 1. The number of carboxylic acids is 1. The molecule has 0 aromatic heterocycles. The zero-order chi connectivity index (χ0) is 14.5. The molecule has 0 aliphatic carbocycles. The maximum Gasteiger partial charge on any atom is 0.305 e. The molecule has 5 nitrogen and oxygen atoms in total. The van der Waals surface area contributed by atoms with Gasteiger partial charge in [0.25, 0.3) is 0 Å². The summed E-state index contributed by atoms with van der Waals surface area (Å²) in [4.78, 5) is 23.1. The van der Waals surface area contributed by atoms with Crippen molar-refractivity contribution < 1.29 is 19.4 Å². The molecule has 0 saturated carbocycles. The Balaban J connectivity index is 2.08. The van der Waals surface area contributed by atoms with E-state index in [1.54, 1.807) is 0 Å². The molecule has 1 heterocycles. The molecule has 1 aromatic rings. The van der Waals surface area contributed by atoms with Crippen molar-refractivity contribution in [3.05, 3.63) is 34.3 Å². The number of hydrogen-bond donors (Lipinski definition) is 2. The standard InChI is InChI=1S/C14H16BrNO4/c15-11-3-1-9(2-4-11)12(7-13(17)18)16-14(19)10-5-6-20-8-10/h1-4,10,12H,5-8H2,(H,16,19)(H,17,18)/t10-,12-/m1/s1. The van der Waals surface area contributed by atoms with Crippen molar-refractivity contribution in [1.82, 2.24) is 5.32 Å². The molecule has 0 unspecified atom stereocenters. The SMILES string of the molecule is O=C(O)C[C@@H](NC(=O)[C@@H]1CCOC1)c1ccc(Br)cc1. The summed E-state index contributed by atoms with van der Waals surface area (Å²) < 4.78 is 6.09. The molecule has 1 amide bonds. The molecule has 0 bridgehead atoms. The van der Waals surface area contributed by atoms with Crippen molar-refractivity contribution in [2.45, 2.75) is 18.9 Å². The summed E-state index contributed by atoms with van der Waals surface area (Å²) in [5.74, 6) is -1.26. The van der Waals surface area contributed by atoms with Crippen LogP contribution in [0.15, 0.2) is 28.7 Å². The normalized spacial score (nSPS) is 19.6. The number of nitrogens with one attached hydrogen (secondary N) is 1. The van der Waals surface area contributed by atoms with Crippen LogP contribution in [0.3, 0.4) is 0 Å². The monoisotopic (exact) mass is 341 g/mol.